The van der Waals surface area contributed by atoms with Gasteiger partial charge in [0.1, 0.15) is 5.82 Å². The first-order valence-corrected chi connectivity index (χ1v) is 6.92. The third-order valence-corrected chi connectivity index (χ3v) is 4.17. The van der Waals surface area contributed by atoms with Gasteiger partial charge in [0.2, 0.25) is 0 Å². The van der Waals surface area contributed by atoms with Crippen LogP contribution in [0.4, 0.5) is 10.1 Å². The summed E-state index contributed by atoms with van der Waals surface area (Å²) in [5, 5.41) is 1.28. The van der Waals surface area contributed by atoms with Crippen LogP contribution in [0.5, 0.6) is 0 Å². The topological polar surface area (TPSA) is 26.0 Å². The molecule has 0 fully saturated rings. The lowest BCUT2D eigenvalue weighted by Crippen LogP contribution is -1.93. The van der Waals surface area contributed by atoms with Crippen LogP contribution < -0.4 is 5.73 Å². The summed E-state index contributed by atoms with van der Waals surface area (Å²) >= 11 is 13.5. The summed E-state index contributed by atoms with van der Waals surface area (Å²) in [5.74, 6) is 0.286. The molecule has 0 atom stereocenters. The average molecular weight is 302 g/mol. The van der Waals surface area contributed by atoms with Gasteiger partial charge in [0.25, 0.3) is 0 Å². The minimum absolute atomic E-state index is 0.331. The molecular weight excluding hydrogens is 292 g/mol. The first-order chi connectivity index (χ1) is 8.56. The van der Waals surface area contributed by atoms with Crippen molar-refractivity contribution >= 4 is 40.7 Å². The molecule has 0 aliphatic heterocycles. The fraction of sp³-hybridized carbons (Fsp3) is 0.0769. The summed E-state index contributed by atoms with van der Waals surface area (Å²) in [7, 11) is 0. The Hall–Kier alpha value is -0.900. The molecule has 2 aromatic carbocycles. The van der Waals surface area contributed by atoms with Gasteiger partial charge in [-0.15, -0.1) is 11.8 Å². The highest BCUT2D eigenvalue weighted by molar-refractivity contribution is 7.98. The molecule has 5 heteroatoms. The molecule has 18 heavy (non-hydrogen) atoms. The predicted octanol–water partition coefficient (Wildman–Crippen LogP) is 5.01. The van der Waals surface area contributed by atoms with E-state index < -0.39 is 0 Å². The minimum atomic E-state index is -0.331. The summed E-state index contributed by atoms with van der Waals surface area (Å²) in [5.41, 5.74) is 7.06. The lowest BCUT2D eigenvalue weighted by molar-refractivity contribution is 0.628. The molecule has 0 bridgehead atoms. The van der Waals surface area contributed by atoms with Crippen LogP contribution in [-0.2, 0) is 5.75 Å². The van der Waals surface area contributed by atoms with Crippen LogP contribution in [0.25, 0.3) is 0 Å². The second-order valence-electron chi connectivity index (χ2n) is 3.71. The van der Waals surface area contributed by atoms with Crippen molar-refractivity contribution in [2.45, 2.75) is 10.6 Å². The number of hydrogen-bond donors (Lipinski definition) is 1. The van der Waals surface area contributed by atoms with E-state index in [1.807, 2.05) is 0 Å². The highest BCUT2D eigenvalue weighted by Gasteiger charge is 2.05. The Bertz CT molecular complexity index is 575. The Labute approximate surface area is 119 Å². The molecule has 0 unspecified atom stereocenters. The van der Waals surface area contributed by atoms with Crippen LogP contribution in [0.2, 0.25) is 10.0 Å². The van der Waals surface area contributed by atoms with Crippen LogP contribution in [0, 0.1) is 5.82 Å². The molecule has 0 amide bonds. The van der Waals surface area contributed by atoms with E-state index in [-0.39, 0.29) is 5.82 Å². The van der Waals surface area contributed by atoms with E-state index in [9.17, 15) is 4.39 Å². The number of rotatable bonds is 3. The Morgan fingerprint density at radius 2 is 1.89 bits per heavy atom. The Kier molecular flexibility index (Phi) is 4.38. The number of hydrogen-bond acceptors (Lipinski definition) is 2. The van der Waals surface area contributed by atoms with Crippen molar-refractivity contribution < 1.29 is 4.39 Å². The molecule has 2 aromatic rings. The molecule has 0 aliphatic rings. The van der Waals surface area contributed by atoms with Crippen molar-refractivity contribution in [3.63, 3.8) is 0 Å². The highest BCUT2D eigenvalue weighted by atomic mass is 35.5. The van der Waals surface area contributed by atoms with E-state index in [2.05, 4.69) is 0 Å². The molecule has 0 aromatic heterocycles. The van der Waals surface area contributed by atoms with E-state index in [1.165, 1.54) is 23.9 Å². The zero-order valence-corrected chi connectivity index (χ0v) is 11.6. The molecule has 0 spiro atoms. The summed E-state index contributed by atoms with van der Waals surface area (Å²) < 4.78 is 12.9. The lowest BCUT2D eigenvalue weighted by atomic mass is 10.2. The summed E-state index contributed by atoms with van der Waals surface area (Å²) in [6.07, 6.45) is 0. The van der Waals surface area contributed by atoms with Crippen molar-refractivity contribution in [3.8, 4) is 0 Å². The van der Waals surface area contributed by atoms with Crippen molar-refractivity contribution in [3.05, 3.63) is 57.8 Å². The van der Waals surface area contributed by atoms with Gasteiger partial charge in [-0.25, -0.2) is 4.39 Å². The number of anilines is 1. The Morgan fingerprint density at radius 1 is 1.11 bits per heavy atom. The van der Waals surface area contributed by atoms with Gasteiger partial charge in [0.15, 0.2) is 0 Å². The van der Waals surface area contributed by atoms with Crippen LogP contribution in [0.3, 0.4) is 0 Å². The van der Waals surface area contributed by atoms with Gasteiger partial charge >= 0.3 is 0 Å². The van der Waals surface area contributed by atoms with Crippen molar-refractivity contribution in [2.24, 2.45) is 0 Å². The summed E-state index contributed by atoms with van der Waals surface area (Å²) in [6.45, 7) is 0. The van der Waals surface area contributed by atoms with Crippen LogP contribution in [-0.4, -0.2) is 0 Å². The molecule has 0 heterocycles. The zero-order valence-electron chi connectivity index (χ0n) is 9.29. The van der Waals surface area contributed by atoms with E-state index in [1.54, 1.807) is 24.3 Å². The Morgan fingerprint density at radius 3 is 2.61 bits per heavy atom. The van der Waals surface area contributed by atoms with Gasteiger partial charge < -0.3 is 5.73 Å². The maximum absolute atomic E-state index is 12.9. The first-order valence-electron chi connectivity index (χ1n) is 5.18. The number of nitrogens with two attached hydrogens (primary N) is 1. The van der Waals surface area contributed by atoms with Gasteiger partial charge in [-0.2, -0.15) is 0 Å². The highest BCUT2D eigenvalue weighted by Crippen LogP contribution is 2.33. The SMILES string of the molecule is Nc1cc(F)ccc1CSc1cc(Cl)ccc1Cl. The number of nitrogen functional groups attached to an aromatic ring is 1. The van der Waals surface area contributed by atoms with Crippen molar-refractivity contribution in [2.75, 3.05) is 5.73 Å². The molecule has 2 N–H and O–H groups in total. The minimum Gasteiger partial charge on any atom is -0.398 e. The largest absolute Gasteiger partial charge is 0.398 e. The smallest absolute Gasteiger partial charge is 0.125 e. The maximum atomic E-state index is 12.9. The molecule has 1 nitrogen and oxygen atoms in total. The second kappa shape index (κ2) is 5.83. The molecule has 0 radical (unpaired) electrons. The normalized spacial score (nSPS) is 10.6. The first kappa shape index (κ1) is 13.5. The van der Waals surface area contributed by atoms with Crippen LogP contribution in [0.15, 0.2) is 41.3 Å². The monoisotopic (exact) mass is 301 g/mol. The Balaban J connectivity index is 2.13. The third kappa shape index (κ3) is 3.31. The molecular formula is C13H10Cl2FNS. The van der Waals surface area contributed by atoms with Crippen molar-refractivity contribution in [1.82, 2.24) is 0 Å². The van der Waals surface area contributed by atoms with E-state index >= 15 is 0 Å². The van der Waals surface area contributed by atoms with E-state index in [0.29, 0.717) is 21.5 Å². The van der Waals surface area contributed by atoms with Gasteiger partial charge in [-0.05, 0) is 35.9 Å². The molecule has 2 rings (SSSR count). The molecule has 0 aliphatic carbocycles. The average Bonchev–Trinajstić information content (AvgIpc) is 2.32. The summed E-state index contributed by atoms with van der Waals surface area (Å²) in [4.78, 5) is 0.882. The predicted molar refractivity (Wildman–Crippen MR) is 76.8 cm³/mol. The van der Waals surface area contributed by atoms with E-state index in [4.69, 9.17) is 28.9 Å². The quantitative estimate of drug-likeness (QED) is 0.637. The van der Waals surface area contributed by atoms with Gasteiger partial charge in [0, 0.05) is 21.4 Å². The second-order valence-corrected chi connectivity index (χ2v) is 5.57. The third-order valence-electron chi connectivity index (χ3n) is 2.38. The fourth-order valence-corrected chi connectivity index (χ4v) is 2.95. The van der Waals surface area contributed by atoms with Gasteiger partial charge in [-0.3, -0.25) is 0 Å². The number of benzene rings is 2. The van der Waals surface area contributed by atoms with Crippen molar-refractivity contribution in [1.29, 1.82) is 0 Å². The van der Waals surface area contributed by atoms with E-state index in [0.717, 1.165) is 10.5 Å². The van der Waals surface area contributed by atoms with Gasteiger partial charge in [-0.1, -0.05) is 29.3 Å². The van der Waals surface area contributed by atoms with Crippen LogP contribution in [0.1, 0.15) is 5.56 Å². The molecule has 0 saturated carbocycles. The molecule has 94 valence electrons. The maximum Gasteiger partial charge on any atom is 0.125 e. The number of thioether (sulfide) groups is 1. The van der Waals surface area contributed by atoms with Crippen LogP contribution >= 0.6 is 35.0 Å². The fourth-order valence-electron chi connectivity index (χ4n) is 1.44. The standard InChI is InChI=1S/C13H10Cl2FNS/c14-9-2-4-11(15)13(5-9)18-7-8-1-3-10(16)6-12(8)17/h1-6H,7,17H2. The number of halogens is 3. The molecule has 0 saturated heterocycles. The summed E-state index contributed by atoms with van der Waals surface area (Å²) in [6, 6.07) is 9.67. The lowest BCUT2D eigenvalue weighted by Gasteiger charge is -2.07. The van der Waals surface area contributed by atoms with Gasteiger partial charge in [0.05, 0.1) is 5.02 Å². The zero-order chi connectivity index (χ0) is 13.1.